The van der Waals surface area contributed by atoms with Crippen molar-refractivity contribution < 1.29 is 18.7 Å². The first-order valence-corrected chi connectivity index (χ1v) is 7.90. The molecule has 4 atom stereocenters. The van der Waals surface area contributed by atoms with Crippen molar-refractivity contribution in [3.05, 3.63) is 0 Å². The zero-order valence-corrected chi connectivity index (χ0v) is 12.6. The molecule has 122 valence electrons. The largest absolute Gasteiger partial charge is 0.395 e. The van der Waals surface area contributed by atoms with Gasteiger partial charge in [0.15, 0.2) is 0 Å². The summed E-state index contributed by atoms with van der Waals surface area (Å²) in [5.41, 5.74) is 0. The van der Waals surface area contributed by atoms with Gasteiger partial charge in [0.1, 0.15) is 0 Å². The molecule has 2 bridgehead atoms. The van der Waals surface area contributed by atoms with E-state index in [4.69, 9.17) is 5.11 Å². The topological polar surface area (TPSA) is 52.6 Å². The van der Waals surface area contributed by atoms with E-state index in [0.29, 0.717) is 5.92 Å². The Bertz CT molecular complexity index is 355. The average molecular weight is 304 g/mol. The lowest BCUT2D eigenvalue weighted by Crippen LogP contribution is -2.46. The number of rotatable bonds is 8. The molecule has 0 aliphatic heterocycles. The van der Waals surface area contributed by atoms with E-state index in [-0.39, 0.29) is 31.6 Å². The molecule has 2 fully saturated rings. The molecule has 21 heavy (non-hydrogen) atoms. The molecule has 0 aromatic heterocycles. The van der Waals surface area contributed by atoms with E-state index in [1.54, 1.807) is 0 Å². The normalized spacial score (nSPS) is 29.3. The van der Waals surface area contributed by atoms with Crippen LogP contribution in [0.1, 0.15) is 32.6 Å². The first-order valence-electron chi connectivity index (χ1n) is 7.90. The van der Waals surface area contributed by atoms with Crippen LogP contribution in [0.5, 0.6) is 0 Å². The van der Waals surface area contributed by atoms with Gasteiger partial charge in [-0.25, -0.2) is 8.78 Å². The highest BCUT2D eigenvalue weighted by atomic mass is 19.3. The molecule has 4 unspecified atom stereocenters. The van der Waals surface area contributed by atoms with Crippen LogP contribution in [0.3, 0.4) is 0 Å². The molecule has 2 aliphatic rings. The lowest BCUT2D eigenvalue weighted by molar-refractivity contribution is -0.123. The molecule has 1 amide bonds. The predicted molar refractivity (Wildman–Crippen MR) is 76.1 cm³/mol. The molecular weight excluding hydrogens is 278 g/mol. The number of aliphatic hydroxyl groups excluding tert-OH is 1. The van der Waals surface area contributed by atoms with Crippen LogP contribution in [0.25, 0.3) is 0 Å². The van der Waals surface area contributed by atoms with Crippen molar-refractivity contribution in [2.75, 3.05) is 26.2 Å². The number of nitrogens with zero attached hydrogens (tertiary/aromatic N) is 1. The van der Waals surface area contributed by atoms with E-state index in [2.05, 4.69) is 5.32 Å². The summed E-state index contributed by atoms with van der Waals surface area (Å²) < 4.78 is 24.8. The van der Waals surface area contributed by atoms with Gasteiger partial charge >= 0.3 is 0 Å². The summed E-state index contributed by atoms with van der Waals surface area (Å²) in [4.78, 5) is 13.3. The minimum atomic E-state index is -2.49. The van der Waals surface area contributed by atoms with Gasteiger partial charge in [0.05, 0.1) is 19.7 Å². The van der Waals surface area contributed by atoms with E-state index in [1.807, 2.05) is 6.92 Å². The highest BCUT2D eigenvalue weighted by molar-refractivity contribution is 5.78. The minimum Gasteiger partial charge on any atom is -0.395 e. The summed E-state index contributed by atoms with van der Waals surface area (Å²) in [7, 11) is 0. The highest BCUT2D eigenvalue weighted by Crippen LogP contribution is 2.49. The summed E-state index contributed by atoms with van der Waals surface area (Å²) in [6.45, 7) is 1.35. The monoisotopic (exact) mass is 304 g/mol. The minimum absolute atomic E-state index is 0.0734. The first kappa shape index (κ1) is 16.6. The molecule has 2 saturated carbocycles. The van der Waals surface area contributed by atoms with Crippen LogP contribution in [0.4, 0.5) is 8.78 Å². The van der Waals surface area contributed by atoms with Crippen molar-refractivity contribution in [3.63, 3.8) is 0 Å². The van der Waals surface area contributed by atoms with Crippen LogP contribution in [-0.4, -0.2) is 54.6 Å². The molecular formula is C15H26F2N2O2. The van der Waals surface area contributed by atoms with Crippen LogP contribution >= 0.6 is 0 Å². The smallest absolute Gasteiger partial charge is 0.251 e. The van der Waals surface area contributed by atoms with E-state index in [9.17, 15) is 13.6 Å². The zero-order valence-electron chi connectivity index (χ0n) is 12.6. The Morgan fingerprint density at radius 1 is 1.38 bits per heavy atom. The number of hydrogen-bond donors (Lipinski definition) is 2. The van der Waals surface area contributed by atoms with Gasteiger partial charge < -0.3 is 10.4 Å². The lowest BCUT2D eigenvalue weighted by atomic mass is 9.84. The van der Waals surface area contributed by atoms with Crippen LogP contribution < -0.4 is 5.32 Å². The van der Waals surface area contributed by atoms with Crippen molar-refractivity contribution in [2.24, 2.45) is 17.8 Å². The summed E-state index contributed by atoms with van der Waals surface area (Å²) in [5.74, 6) is 1.86. The van der Waals surface area contributed by atoms with E-state index in [0.717, 1.165) is 11.8 Å². The third-order valence-electron chi connectivity index (χ3n) is 5.00. The van der Waals surface area contributed by atoms with E-state index >= 15 is 0 Å². The van der Waals surface area contributed by atoms with Gasteiger partial charge in [-0.3, -0.25) is 9.69 Å². The summed E-state index contributed by atoms with van der Waals surface area (Å²) in [6, 6.07) is 0.107. The molecule has 2 rings (SSSR count). The van der Waals surface area contributed by atoms with Crippen LogP contribution in [-0.2, 0) is 4.79 Å². The molecule has 0 aromatic carbocycles. The Hall–Kier alpha value is -0.750. The molecule has 2 N–H and O–H groups in total. The second kappa shape index (κ2) is 7.49. The first-order chi connectivity index (χ1) is 9.99. The molecule has 0 spiro atoms. The SMILES string of the molecule is CC(NC(=O)CN(CCO)CC(F)F)C1CC2CCC1C2. The molecule has 6 heteroatoms. The Balaban J connectivity index is 1.77. The molecule has 0 saturated heterocycles. The third-order valence-corrected chi connectivity index (χ3v) is 5.00. The number of fused-ring (bicyclic) bond motifs is 2. The zero-order chi connectivity index (χ0) is 15.4. The van der Waals surface area contributed by atoms with E-state index in [1.165, 1.54) is 30.6 Å². The van der Waals surface area contributed by atoms with Gasteiger partial charge in [-0.15, -0.1) is 0 Å². The Morgan fingerprint density at radius 3 is 2.67 bits per heavy atom. The standard InChI is InChI=1S/C15H26F2N2O2/c1-10(13-7-11-2-3-12(13)6-11)18-15(21)9-19(4-5-20)8-14(16)17/h10-14,20H,2-9H2,1H3,(H,18,21). The number of hydrogen-bond acceptors (Lipinski definition) is 3. The molecule has 0 radical (unpaired) electrons. The maximum absolute atomic E-state index is 12.4. The van der Waals surface area contributed by atoms with Crippen molar-refractivity contribution in [2.45, 2.75) is 45.1 Å². The second-order valence-electron chi connectivity index (χ2n) is 6.54. The number of carbonyl (C=O) groups is 1. The van der Waals surface area contributed by atoms with Crippen LogP contribution in [0, 0.1) is 17.8 Å². The van der Waals surface area contributed by atoms with Crippen molar-refractivity contribution in [1.82, 2.24) is 10.2 Å². The van der Waals surface area contributed by atoms with Crippen molar-refractivity contribution in [3.8, 4) is 0 Å². The quantitative estimate of drug-likeness (QED) is 0.714. The van der Waals surface area contributed by atoms with Crippen molar-refractivity contribution >= 4 is 5.91 Å². The fourth-order valence-electron chi connectivity index (χ4n) is 4.09. The summed E-state index contributed by atoms with van der Waals surface area (Å²) in [6.07, 6.45) is 2.56. The van der Waals surface area contributed by atoms with Gasteiger partial charge in [0.25, 0.3) is 6.43 Å². The fourth-order valence-corrected chi connectivity index (χ4v) is 4.09. The number of carbonyl (C=O) groups excluding carboxylic acids is 1. The van der Waals surface area contributed by atoms with Gasteiger partial charge in [0.2, 0.25) is 5.91 Å². The Labute approximate surface area is 124 Å². The highest BCUT2D eigenvalue weighted by Gasteiger charge is 2.42. The summed E-state index contributed by atoms with van der Waals surface area (Å²) >= 11 is 0. The Kier molecular flexibility index (Phi) is 5.93. The van der Waals surface area contributed by atoms with Crippen LogP contribution in [0.2, 0.25) is 0 Å². The maximum atomic E-state index is 12.4. The maximum Gasteiger partial charge on any atom is 0.251 e. The average Bonchev–Trinajstić information content (AvgIpc) is 3.00. The van der Waals surface area contributed by atoms with Gasteiger partial charge in [-0.05, 0) is 43.9 Å². The van der Waals surface area contributed by atoms with Gasteiger partial charge in [-0.2, -0.15) is 0 Å². The lowest BCUT2D eigenvalue weighted by Gasteiger charge is -2.29. The number of amides is 1. The van der Waals surface area contributed by atoms with Crippen LogP contribution in [0.15, 0.2) is 0 Å². The number of nitrogens with one attached hydrogen (secondary N) is 1. The molecule has 0 heterocycles. The second-order valence-corrected chi connectivity index (χ2v) is 6.54. The fraction of sp³-hybridized carbons (Fsp3) is 0.933. The summed E-state index contributed by atoms with van der Waals surface area (Å²) in [5, 5.41) is 11.8. The predicted octanol–water partition coefficient (Wildman–Crippen LogP) is 1.49. The van der Waals surface area contributed by atoms with Gasteiger partial charge in [0, 0.05) is 12.6 Å². The molecule has 0 aromatic rings. The number of alkyl halides is 2. The molecule has 2 aliphatic carbocycles. The van der Waals surface area contributed by atoms with Gasteiger partial charge in [-0.1, -0.05) is 6.42 Å². The third kappa shape index (κ3) is 4.61. The van der Waals surface area contributed by atoms with Crippen molar-refractivity contribution in [1.29, 1.82) is 0 Å². The number of halogens is 2. The van der Waals surface area contributed by atoms with E-state index < -0.39 is 13.0 Å². The number of aliphatic hydroxyl groups is 1. The molecule has 4 nitrogen and oxygen atoms in total. The Morgan fingerprint density at radius 2 is 2.14 bits per heavy atom.